The molecule has 0 radical (unpaired) electrons. The number of aliphatic hydroxyl groups excluding tert-OH is 1. The van der Waals surface area contributed by atoms with E-state index in [0.29, 0.717) is 26.4 Å². The van der Waals surface area contributed by atoms with Crippen molar-refractivity contribution in [2.75, 3.05) is 31.7 Å². The van der Waals surface area contributed by atoms with Crippen molar-refractivity contribution in [3.63, 3.8) is 0 Å². The molecule has 2 N–H and O–H groups in total. The van der Waals surface area contributed by atoms with E-state index in [1.54, 1.807) is 0 Å². The molecule has 5 nitrogen and oxygen atoms in total. The molecule has 1 saturated heterocycles. The van der Waals surface area contributed by atoms with Crippen molar-refractivity contribution in [1.29, 1.82) is 0 Å². The summed E-state index contributed by atoms with van der Waals surface area (Å²) in [5.74, 6) is 1.51. The zero-order valence-corrected chi connectivity index (χ0v) is 9.39. The lowest BCUT2D eigenvalue weighted by Gasteiger charge is -2.21. The highest BCUT2D eigenvalue weighted by atomic mass is 16.6. The fourth-order valence-corrected chi connectivity index (χ4v) is 2.03. The van der Waals surface area contributed by atoms with Gasteiger partial charge in [0.1, 0.15) is 13.2 Å². The van der Waals surface area contributed by atoms with Crippen LogP contribution in [0, 0.1) is 0 Å². The van der Waals surface area contributed by atoms with Gasteiger partial charge in [0.25, 0.3) is 0 Å². The largest absolute Gasteiger partial charge is 0.486 e. The van der Waals surface area contributed by atoms with Crippen LogP contribution in [0.25, 0.3) is 0 Å². The summed E-state index contributed by atoms with van der Waals surface area (Å²) in [6, 6.07) is 5.62. The van der Waals surface area contributed by atoms with Crippen LogP contribution in [0.15, 0.2) is 18.2 Å². The van der Waals surface area contributed by atoms with E-state index in [1.165, 1.54) is 0 Å². The Morgan fingerprint density at radius 2 is 1.94 bits per heavy atom. The first-order valence-electron chi connectivity index (χ1n) is 5.75. The van der Waals surface area contributed by atoms with E-state index in [1.807, 2.05) is 18.2 Å². The van der Waals surface area contributed by atoms with Crippen LogP contribution in [-0.2, 0) is 4.74 Å². The van der Waals surface area contributed by atoms with Gasteiger partial charge in [-0.1, -0.05) is 0 Å². The first-order valence-corrected chi connectivity index (χ1v) is 5.75. The Balaban J connectivity index is 1.75. The van der Waals surface area contributed by atoms with Gasteiger partial charge in [0.2, 0.25) is 0 Å². The zero-order valence-electron chi connectivity index (χ0n) is 9.39. The van der Waals surface area contributed by atoms with Gasteiger partial charge < -0.3 is 24.6 Å². The SMILES string of the molecule is OC1COCC1Nc1ccc2c(c1)OCCO2. The quantitative estimate of drug-likeness (QED) is 0.790. The predicted octanol–water partition coefficient (Wildman–Crippen LogP) is 0.629. The Kier molecular flexibility index (Phi) is 2.78. The van der Waals surface area contributed by atoms with Crippen molar-refractivity contribution in [3.8, 4) is 11.5 Å². The third kappa shape index (κ3) is 2.16. The van der Waals surface area contributed by atoms with Gasteiger partial charge in [-0.2, -0.15) is 0 Å². The van der Waals surface area contributed by atoms with Crippen LogP contribution in [0.4, 0.5) is 5.69 Å². The summed E-state index contributed by atoms with van der Waals surface area (Å²) in [5, 5.41) is 12.9. The molecule has 0 aliphatic carbocycles. The van der Waals surface area contributed by atoms with E-state index >= 15 is 0 Å². The molecule has 1 aromatic rings. The lowest BCUT2D eigenvalue weighted by molar-refractivity contribution is 0.125. The van der Waals surface area contributed by atoms with Gasteiger partial charge in [-0.05, 0) is 12.1 Å². The number of hydrogen-bond acceptors (Lipinski definition) is 5. The first-order chi connectivity index (χ1) is 8.33. The highest BCUT2D eigenvalue weighted by molar-refractivity contribution is 5.55. The van der Waals surface area contributed by atoms with Crippen molar-refractivity contribution < 1.29 is 19.3 Å². The topological polar surface area (TPSA) is 60.0 Å². The minimum absolute atomic E-state index is 0.0578. The summed E-state index contributed by atoms with van der Waals surface area (Å²) in [5.41, 5.74) is 0.906. The molecule has 0 amide bonds. The molecular formula is C12H15NO4. The van der Waals surface area contributed by atoms with E-state index in [2.05, 4.69) is 5.32 Å². The van der Waals surface area contributed by atoms with Crippen LogP contribution in [0.5, 0.6) is 11.5 Å². The summed E-state index contributed by atoms with van der Waals surface area (Å²) in [4.78, 5) is 0. The smallest absolute Gasteiger partial charge is 0.163 e. The minimum atomic E-state index is -0.455. The standard InChI is InChI=1S/C12H15NO4/c14-10-7-15-6-9(10)13-8-1-2-11-12(5-8)17-4-3-16-11/h1-2,5,9-10,13-14H,3-4,6-7H2. The average Bonchev–Trinajstić information content (AvgIpc) is 2.75. The molecule has 2 atom stereocenters. The number of benzene rings is 1. The zero-order chi connectivity index (χ0) is 11.7. The van der Waals surface area contributed by atoms with Gasteiger partial charge in [-0.3, -0.25) is 0 Å². The molecule has 0 bridgehead atoms. The number of ether oxygens (including phenoxy) is 3. The highest BCUT2D eigenvalue weighted by Gasteiger charge is 2.26. The maximum absolute atomic E-state index is 9.65. The van der Waals surface area contributed by atoms with Crippen LogP contribution >= 0.6 is 0 Å². The number of anilines is 1. The van der Waals surface area contributed by atoms with E-state index in [-0.39, 0.29) is 6.04 Å². The summed E-state index contributed by atoms with van der Waals surface area (Å²) < 4.78 is 16.1. The van der Waals surface area contributed by atoms with E-state index in [4.69, 9.17) is 14.2 Å². The molecule has 3 rings (SSSR count). The summed E-state index contributed by atoms with van der Waals surface area (Å²) >= 11 is 0. The number of nitrogens with one attached hydrogen (secondary N) is 1. The molecule has 0 spiro atoms. The first kappa shape index (κ1) is 10.7. The minimum Gasteiger partial charge on any atom is -0.486 e. The van der Waals surface area contributed by atoms with E-state index in [0.717, 1.165) is 17.2 Å². The van der Waals surface area contributed by atoms with Crippen molar-refractivity contribution in [2.45, 2.75) is 12.1 Å². The molecule has 17 heavy (non-hydrogen) atoms. The van der Waals surface area contributed by atoms with Crippen LogP contribution in [0.2, 0.25) is 0 Å². The van der Waals surface area contributed by atoms with Crippen LogP contribution < -0.4 is 14.8 Å². The molecule has 2 unspecified atom stereocenters. The van der Waals surface area contributed by atoms with Crippen molar-refractivity contribution >= 4 is 5.69 Å². The molecule has 2 aliphatic rings. The van der Waals surface area contributed by atoms with Crippen LogP contribution in [-0.4, -0.2) is 43.7 Å². The normalized spacial score (nSPS) is 26.9. The van der Waals surface area contributed by atoms with E-state index in [9.17, 15) is 5.11 Å². The Bertz CT molecular complexity index is 409. The lowest BCUT2D eigenvalue weighted by Crippen LogP contribution is -2.31. The number of hydrogen-bond donors (Lipinski definition) is 2. The van der Waals surface area contributed by atoms with Gasteiger partial charge in [0.15, 0.2) is 11.5 Å². The maximum atomic E-state index is 9.65. The highest BCUT2D eigenvalue weighted by Crippen LogP contribution is 2.33. The molecular weight excluding hydrogens is 222 g/mol. The molecule has 0 saturated carbocycles. The third-order valence-corrected chi connectivity index (χ3v) is 2.94. The Morgan fingerprint density at radius 3 is 2.71 bits per heavy atom. The Hall–Kier alpha value is -1.46. The Morgan fingerprint density at radius 1 is 1.12 bits per heavy atom. The molecule has 5 heteroatoms. The second kappa shape index (κ2) is 4.43. The van der Waals surface area contributed by atoms with Crippen LogP contribution in [0.3, 0.4) is 0 Å². The molecule has 1 fully saturated rings. The summed E-state index contributed by atoms with van der Waals surface area (Å²) in [6.45, 7) is 2.08. The molecule has 1 aromatic carbocycles. The van der Waals surface area contributed by atoms with Crippen molar-refractivity contribution in [2.24, 2.45) is 0 Å². The monoisotopic (exact) mass is 237 g/mol. The molecule has 2 heterocycles. The average molecular weight is 237 g/mol. The summed E-state index contributed by atoms with van der Waals surface area (Å²) in [6.07, 6.45) is -0.455. The van der Waals surface area contributed by atoms with E-state index < -0.39 is 6.10 Å². The van der Waals surface area contributed by atoms with Gasteiger partial charge in [0, 0.05) is 11.8 Å². The lowest BCUT2D eigenvalue weighted by atomic mass is 10.2. The fraction of sp³-hybridized carbons (Fsp3) is 0.500. The predicted molar refractivity (Wildman–Crippen MR) is 61.7 cm³/mol. The fourth-order valence-electron chi connectivity index (χ4n) is 2.03. The van der Waals surface area contributed by atoms with Crippen molar-refractivity contribution in [3.05, 3.63) is 18.2 Å². The third-order valence-electron chi connectivity index (χ3n) is 2.94. The van der Waals surface area contributed by atoms with Crippen molar-refractivity contribution in [1.82, 2.24) is 0 Å². The van der Waals surface area contributed by atoms with Gasteiger partial charge >= 0.3 is 0 Å². The van der Waals surface area contributed by atoms with Gasteiger partial charge in [-0.25, -0.2) is 0 Å². The second-order valence-corrected chi connectivity index (χ2v) is 4.21. The summed E-state index contributed by atoms with van der Waals surface area (Å²) in [7, 11) is 0. The van der Waals surface area contributed by atoms with Gasteiger partial charge in [-0.15, -0.1) is 0 Å². The molecule has 0 aromatic heterocycles. The molecule has 2 aliphatic heterocycles. The second-order valence-electron chi connectivity index (χ2n) is 4.21. The maximum Gasteiger partial charge on any atom is 0.163 e. The number of rotatable bonds is 2. The Labute approximate surface area is 99.3 Å². The molecule has 92 valence electrons. The van der Waals surface area contributed by atoms with Crippen LogP contribution in [0.1, 0.15) is 0 Å². The number of fused-ring (bicyclic) bond motifs is 1. The van der Waals surface area contributed by atoms with Gasteiger partial charge in [0.05, 0.1) is 25.4 Å². The number of aliphatic hydroxyl groups is 1.